The van der Waals surface area contributed by atoms with E-state index in [1.807, 2.05) is 0 Å². The zero-order valence-electron chi connectivity index (χ0n) is 9.75. The molecule has 5 nitrogen and oxygen atoms in total. The Hall–Kier alpha value is -1.88. The van der Waals surface area contributed by atoms with Gasteiger partial charge in [-0.05, 0) is 17.7 Å². The second-order valence-electron chi connectivity index (χ2n) is 3.94. The fourth-order valence-corrected chi connectivity index (χ4v) is 1.39. The van der Waals surface area contributed by atoms with E-state index in [0.29, 0.717) is 11.1 Å². The predicted octanol–water partition coefficient (Wildman–Crippen LogP) is 0.897. The molecule has 0 saturated carbocycles. The molecule has 0 heterocycles. The number of carboxylic acid groups (broad SMARTS) is 1. The van der Waals surface area contributed by atoms with E-state index in [1.54, 1.807) is 38.4 Å². The van der Waals surface area contributed by atoms with Crippen LogP contribution in [0.5, 0.6) is 0 Å². The summed E-state index contributed by atoms with van der Waals surface area (Å²) in [6, 6.07) is 6.26. The van der Waals surface area contributed by atoms with Crippen molar-refractivity contribution in [1.82, 2.24) is 4.90 Å². The smallest absolute Gasteiger partial charge is 0.306 e. The maximum Gasteiger partial charge on any atom is 0.306 e. The lowest BCUT2D eigenvalue weighted by Gasteiger charge is -2.12. The number of nitrogens with zero attached hydrogens (tertiary/aromatic N) is 1. The van der Waals surface area contributed by atoms with Crippen LogP contribution in [0.25, 0.3) is 0 Å². The fraction of sp³-hybridized carbons (Fsp3) is 0.333. The van der Waals surface area contributed by atoms with E-state index in [1.165, 1.54) is 4.90 Å². The molecule has 0 radical (unpaired) electrons. The molecule has 0 fully saturated rings. The van der Waals surface area contributed by atoms with Gasteiger partial charge in [-0.1, -0.05) is 12.1 Å². The fourth-order valence-electron chi connectivity index (χ4n) is 1.39. The summed E-state index contributed by atoms with van der Waals surface area (Å²) in [5, 5.41) is 18.1. The SMILES string of the molecule is CN(C)C(=O)c1ccc(C(O)CC(=O)O)cc1. The van der Waals surface area contributed by atoms with Gasteiger partial charge in [0.2, 0.25) is 0 Å². The number of hydrogen-bond acceptors (Lipinski definition) is 3. The van der Waals surface area contributed by atoms with Crippen molar-refractivity contribution < 1.29 is 19.8 Å². The van der Waals surface area contributed by atoms with E-state index in [2.05, 4.69) is 0 Å². The molecule has 0 saturated heterocycles. The number of aliphatic carboxylic acids is 1. The molecule has 92 valence electrons. The van der Waals surface area contributed by atoms with Gasteiger partial charge in [-0.15, -0.1) is 0 Å². The van der Waals surface area contributed by atoms with Crippen molar-refractivity contribution in [3.63, 3.8) is 0 Å². The summed E-state index contributed by atoms with van der Waals surface area (Å²) in [4.78, 5) is 23.4. The highest BCUT2D eigenvalue weighted by atomic mass is 16.4. The zero-order chi connectivity index (χ0) is 13.0. The van der Waals surface area contributed by atoms with Gasteiger partial charge in [-0.3, -0.25) is 9.59 Å². The second kappa shape index (κ2) is 5.45. The van der Waals surface area contributed by atoms with Crippen LogP contribution >= 0.6 is 0 Å². The monoisotopic (exact) mass is 237 g/mol. The zero-order valence-corrected chi connectivity index (χ0v) is 9.75. The van der Waals surface area contributed by atoms with Gasteiger partial charge in [0, 0.05) is 19.7 Å². The Labute approximate surface area is 99.3 Å². The van der Waals surface area contributed by atoms with E-state index in [-0.39, 0.29) is 12.3 Å². The first-order valence-electron chi connectivity index (χ1n) is 5.13. The summed E-state index contributed by atoms with van der Waals surface area (Å²) in [6.45, 7) is 0. The van der Waals surface area contributed by atoms with E-state index < -0.39 is 12.1 Å². The summed E-state index contributed by atoms with van der Waals surface area (Å²) >= 11 is 0. The lowest BCUT2D eigenvalue weighted by atomic mass is 10.0. The van der Waals surface area contributed by atoms with E-state index in [4.69, 9.17) is 5.11 Å². The van der Waals surface area contributed by atoms with E-state index in [9.17, 15) is 14.7 Å². The van der Waals surface area contributed by atoms with Crippen LogP contribution < -0.4 is 0 Å². The molecule has 1 atom stereocenters. The third kappa shape index (κ3) is 3.57. The molecule has 1 unspecified atom stereocenters. The van der Waals surface area contributed by atoms with Gasteiger partial charge in [0.15, 0.2) is 0 Å². The van der Waals surface area contributed by atoms with Crippen LogP contribution in [-0.4, -0.2) is 41.1 Å². The van der Waals surface area contributed by atoms with Crippen molar-refractivity contribution in [2.45, 2.75) is 12.5 Å². The Kier molecular flexibility index (Phi) is 4.23. The number of aliphatic hydroxyl groups is 1. The molecule has 0 aliphatic heterocycles. The molecular weight excluding hydrogens is 222 g/mol. The number of amides is 1. The highest BCUT2D eigenvalue weighted by Gasteiger charge is 2.13. The van der Waals surface area contributed by atoms with Crippen LogP contribution in [-0.2, 0) is 4.79 Å². The molecule has 17 heavy (non-hydrogen) atoms. The van der Waals surface area contributed by atoms with Gasteiger partial charge in [0.05, 0.1) is 12.5 Å². The standard InChI is InChI=1S/C12H15NO4/c1-13(2)12(17)9-5-3-8(4-6-9)10(14)7-11(15)16/h3-6,10,14H,7H2,1-2H3,(H,15,16). The minimum atomic E-state index is -1.06. The van der Waals surface area contributed by atoms with Crippen LogP contribution in [0.2, 0.25) is 0 Å². The Balaban J connectivity index is 2.81. The predicted molar refractivity (Wildman–Crippen MR) is 61.7 cm³/mol. The van der Waals surface area contributed by atoms with Gasteiger partial charge >= 0.3 is 5.97 Å². The molecule has 1 aromatic rings. The molecule has 2 N–H and O–H groups in total. The van der Waals surface area contributed by atoms with Crippen molar-refractivity contribution >= 4 is 11.9 Å². The molecule has 0 aliphatic carbocycles. The lowest BCUT2D eigenvalue weighted by Crippen LogP contribution is -2.21. The third-order valence-corrected chi connectivity index (χ3v) is 2.32. The number of rotatable bonds is 4. The summed E-state index contributed by atoms with van der Waals surface area (Å²) in [7, 11) is 3.30. The maximum atomic E-state index is 11.6. The minimum Gasteiger partial charge on any atom is -0.481 e. The molecule has 1 aromatic carbocycles. The van der Waals surface area contributed by atoms with Crippen LogP contribution in [0.4, 0.5) is 0 Å². The van der Waals surface area contributed by atoms with E-state index in [0.717, 1.165) is 0 Å². The van der Waals surface area contributed by atoms with Gasteiger partial charge in [0.1, 0.15) is 0 Å². The topological polar surface area (TPSA) is 77.8 Å². The number of carbonyl (C=O) groups is 2. The lowest BCUT2D eigenvalue weighted by molar-refractivity contribution is -0.139. The number of carboxylic acids is 1. The minimum absolute atomic E-state index is 0.135. The first kappa shape index (κ1) is 13.2. The molecule has 0 aliphatic rings. The van der Waals surface area contributed by atoms with Gasteiger partial charge in [-0.25, -0.2) is 0 Å². The van der Waals surface area contributed by atoms with Crippen LogP contribution in [0, 0.1) is 0 Å². The number of benzene rings is 1. The van der Waals surface area contributed by atoms with Gasteiger partial charge < -0.3 is 15.1 Å². The Morgan fingerprint density at radius 2 is 1.76 bits per heavy atom. The summed E-state index contributed by atoms with van der Waals surface area (Å²) in [6.07, 6.45) is -1.39. The molecule has 5 heteroatoms. The van der Waals surface area contributed by atoms with Crippen molar-refractivity contribution in [2.75, 3.05) is 14.1 Å². The van der Waals surface area contributed by atoms with Crippen molar-refractivity contribution in [3.05, 3.63) is 35.4 Å². The van der Waals surface area contributed by atoms with Crippen LogP contribution in [0.1, 0.15) is 28.4 Å². The van der Waals surface area contributed by atoms with Gasteiger partial charge in [-0.2, -0.15) is 0 Å². The number of aliphatic hydroxyl groups excluding tert-OH is 1. The third-order valence-electron chi connectivity index (χ3n) is 2.32. The molecular formula is C12H15NO4. The highest BCUT2D eigenvalue weighted by molar-refractivity contribution is 5.93. The first-order chi connectivity index (χ1) is 7.91. The van der Waals surface area contributed by atoms with Crippen molar-refractivity contribution in [1.29, 1.82) is 0 Å². The largest absolute Gasteiger partial charge is 0.481 e. The van der Waals surface area contributed by atoms with Crippen LogP contribution in [0.15, 0.2) is 24.3 Å². The molecule has 1 rings (SSSR count). The number of hydrogen-bond donors (Lipinski definition) is 2. The van der Waals surface area contributed by atoms with Gasteiger partial charge in [0.25, 0.3) is 5.91 Å². The average molecular weight is 237 g/mol. The molecule has 1 amide bonds. The van der Waals surface area contributed by atoms with Crippen molar-refractivity contribution in [2.24, 2.45) is 0 Å². The quantitative estimate of drug-likeness (QED) is 0.815. The van der Waals surface area contributed by atoms with E-state index >= 15 is 0 Å². The second-order valence-corrected chi connectivity index (χ2v) is 3.94. The molecule has 0 bridgehead atoms. The first-order valence-corrected chi connectivity index (χ1v) is 5.13. The maximum absolute atomic E-state index is 11.6. The van der Waals surface area contributed by atoms with Crippen molar-refractivity contribution in [3.8, 4) is 0 Å². The highest BCUT2D eigenvalue weighted by Crippen LogP contribution is 2.17. The number of carbonyl (C=O) groups excluding carboxylic acids is 1. The Morgan fingerprint density at radius 1 is 1.24 bits per heavy atom. The Bertz CT molecular complexity index is 411. The normalized spacial score (nSPS) is 11.9. The molecule has 0 aromatic heterocycles. The average Bonchev–Trinajstić information content (AvgIpc) is 2.27. The molecule has 0 spiro atoms. The summed E-state index contributed by atoms with van der Waals surface area (Å²) in [5.41, 5.74) is 0.990. The summed E-state index contributed by atoms with van der Waals surface area (Å²) < 4.78 is 0. The Morgan fingerprint density at radius 3 is 2.18 bits per heavy atom. The summed E-state index contributed by atoms with van der Waals surface area (Å²) in [5.74, 6) is -1.20. The van der Waals surface area contributed by atoms with Crippen LogP contribution in [0.3, 0.4) is 0 Å².